The lowest BCUT2D eigenvalue weighted by atomic mass is 9.96. The number of hydrogen-bond donors (Lipinski definition) is 1. The molecule has 3 rings (SSSR count). The van der Waals surface area contributed by atoms with Gasteiger partial charge in [-0.25, -0.2) is 0 Å². The lowest BCUT2D eigenvalue weighted by Gasteiger charge is -2.32. The first kappa shape index (κ1) is 20.6. The normalized spacial score (nSPS) is 14.3. The van der Waals surface area contributed by atoms with Gasteiger partial charge in [-0.3, -0.25) is 19.7 Å². The molecular formula is C20H20ClN3O5. The SMILES string of the molecule is O=C(COC(=O)C1CCN(c2ccccc2[N+](=O)[O-])CC1)Nc1ccc(Cl)cc1. The van der Waals surface area contributed by atoms with Gasteiger partial charge in [0.15, 0.2) is 6.61 Å². The zero-order chi connectivity index (χ0) is 20.8. The van der Waals surface area contributed by atoms with E-state index in [9.17, 15) is 19.7 Å². The third kappa shape index (κ3) is 5.45. The first-order chi connectivity index (χ1) is 13.9. The number of ether oxygens (including phenoxy) is 1. The van der Waals surface area contributed by atoms with E-state index in [0.29, 0.717) is 42.3 Å². The van der Waals surface area contributed by atoms with Crippen LogP contribution in [-0.4, -0.2) is 36.5 Å². The molecule has 0 radical (unpaired) electrons. The molecule has 9 heteroatoms. The lowest BCUT2D eigenvalue weighted by Crippen LogP contribution is -2.37. The molecule has 29 heavy (non-hydrogen) atoms. The van der Waals surface area contributed by atoms with Gasteiger partial charge in [0.1, 0.15) is 5.69 Å². The molecular weight excluding hydrogens is 398 g/mol. The summed E-state index contributed by atoms with van der Waals surface area (Å²) < 4.78 is 5.14. The van der Waals surface area contributed by atoms with Crippen molar-refractivity contribution in [3.8, 4) is 0 Å². The van der Waals surface area contributed by atoms with Crippen LogP contribution in [0.3, 0.4) is 0 Å². The topological polar surface area (TPSA) is 102 Å². The molecule has 1 amide bonds. The van der Waals surface area contributed by atoms with Gasteiger partial charge in [0.2, 0.25) is 0 Å². The Balaban J connectivity index is 1.47. The summed E-state index contributed by atoms with van der Waals surface area (Å²) in [4.78, 5) is 36.9. The average Bonchev–Trinajstić information content (AvgIpc) is 2.74. The summed E-state index contributed by atoms with van der Waals surface area (Å²) in [5, 5.41) is 14.4. The van der Waals surface area contributed by atoms with E-state index in [1.165, 1.54) is 6.07 Å². The van der Waals surface area contributed by atoms with Gasteiger partial charge >= 0.3 is 5.97 Å². The Bertz CT molecular complexity index is 895. The Kier molecular flexibility index (Phi) is 6.66. The third-order valence-electron chi connectivity index (χ3n) is 4.72. The molecule has 1 saturated heterocycles. The summed E-state index contributed by atoms with van der Waals surface area (Å²) >= 11 is 5.79. The molecule has 0 saturated carbocycles. The first-order valence-electron chi connectivity index (χ1n) is 9.14. The number of nitrogens with zero attached hydrogens (tertiary/aromatic N) is 2. The number of hydrogen-bond acceptors (Lipinski definition) is 6. The van der Waals surface area contributed by atoms with Gasteiger partial charge in [0.05, 0.1) is 10.8 Å². The van der Waals surface area contributed by atoms with E-state index in [0.717, 1.165) is 0 Å². The average molecular weight is 418 g/mol. The van der Waals surface area contributed by atoms with Gasteiger partial charge in [0, 0.05) is 29.9 Å². The number of esters is 1. The maximum Gasteiger partial charge on any atom is 0.309 e. The Morgan fingerprint density at radius 3 is 2.45 bits per heavy atom. The van der Waals surface area contributed by atoms with Crippen LogP contribution < -0.4 is 10.2 Å². The number of carbonyl (C=O) groups excluding carboxylic acids is 2. The number of piperidine rings is 1. The van der Waals surface area contributed by atoms with Gasteiger partial charge in [0.25, 0.3) is 11.6 Å². The summed E-state index contributed by atoms with van der Waals surface area (Å²) in [6, 6.07) is 13.2. The Hall–Kier alpha value is -3.13. The minimum Gasteiger partial charge on any atom is -0.455 e. The number of nitro groups is 1. The second-order valence-corrected chi connectivity index (χ2v) is 7.11. The zero-order valence-corrected chi connectivity index (χ0v) is 16.3. The first-order valence-corrected chi connectivity index (χ1v) is 9.52. The van der Waals surface area contributed by atoms with Crippen molar-refractivity contribution in [2.45, 2.75) is 12.8 Å². The van der Waals surface area contributed by atoms with Gasteiger partial charge in [-0.2, -0.15) is 0 Å². The number of benzene rings is 2. The molecule has 0 aliphatic carbocycles. The van der Waals surface area contributed by atoms with Crippen LogP contribution in [0.25, 0.3) is 0 Å². The van der Waals surface area contributed by atoms with Crippen molar-refractivity contribution >= 4 is 40.5 Å². The van der Waals surface area contributed by atoms with Gasteiger partial charge in [-0.1, -0.05) is 23.7 Å². The zero-order valence-electron chi connectivity index (χ0n) is 15.5. The van der Waals surface area contributed by atoms with Crippen molar-refractivity contribution in [2.24, 2.45) is 5.92 Å². The molecule has 1 aliphatic rings. The molecule has 1 aliphatic heterocycles. The van der Waals surface area contributed by atoms with Crippen molar-refractivity contribution < 1.29 is 19.2 Å². The van der Waals surface area contributed by atoms with Crippen LogP contribution in [0, 0.1) is 16.0 Å². The highest BCUT2D eigenvalue weighted by Crippen LogP contribution is 2.31. The molecule has 1 fully saturated rings. The van der Waals surface area contributed by atoms with Crippen molar-refractivity contribution in [1.82, 2.24) is 0 Å². The minimum atomic E-state index is -0.432. The molecule has 0 aromatic heterocycles. The maximum absolute atomic E-state index is 12.3. The van der Waals surface area contributed by atoms with Gasteiger partial charge in [-0.15, -0.1) is 0 Å². The van der Waals surface area contributed by atoms with Crippen LogP contribution in [0.15, 0.2) is 48.5 Å². The Labute approximate surface area is 172 Å². The van der Waals surface area contributed by atoms with Crippen molar-refractivity contribution in [3.05, 3.63) is 63.7 Å². The van der Waals surface area contributed by atoms with Gasteiger partial charge < -0.3 is 15.0 Å². The second-order valence-electron chi connectivity index (χ2n) is 6.67. The van der Waals surface area contributed by atoms with Crippen molar-refractivity contribution in [2.75, 3.05) is 29.9 Å². The molecule has 0 bridgehead atoms. The molecule has 2 aromatic rings. The fraction of sp³-hybridized carbons (Fsp3) is 0.300. The molecule has 1 heterocycles. The van der Waals surface area contributed by atoms with Crippen LogP contribution in [0.4, 0.5) is 17.1 Å². The number of rotatable bonds is 6. The number of carbonyl (C=O) groups is 2. The van der Waals surface area contributed by atoms with E-state index in [1.807, 2.05) is 4.90 Å². The summed E-state index contributed by atoms with van der Waals surface area (Å²) in [7, 11) is 0. The molecule has 0 atom stereocenters. The fourth-order valence-corrected chi connectivity index (χ4v) is 3.35. The molecule has 8 nitrogen and oxygen atoms in total. The van der Waals surface area contributed by atoms with Crippen LogP contribution in [0.2, 0.25) is 5.02 Å². The van der Waals surface area contributed by atoms with E-state index in [4.69, 9.17) is 16.3 Å². The molecule has 0 spiro atoms. The Morgan fingerprint density at radius 2 is 1.79 bits per heavy atom. The fourth-order valence-electron chi connectivity index (χ4n) is 3.23. The number of nitrogens with one attached hydrogen (secondary N) is 1. The number of anilines is 2. The van der Waals surface area contributed by atoms with Gasteiger partial charge in [-0.05, 0) is 43.2 Å². The quantitative estimate of drug-likeness (QED) is 0.437. The molecule has 0 unspecified atom stereocenters. The van der Waals surface area contributed by atoms with E-state index in [1.54, 1.807) is 42.5 Å². The van der Waals surface area contributed by atoms with Crippen LogP contribution >= 0.6 is 11.6 Å². The highest BCUT2D eigenvalue weighted by molar-refractivity contribution is 6.30. The van der Waals surface area contributed by atoms with E-state index in [-0.39, 0.29) is 18.2 Å². The summed E-state index contributed by atoms with van der Waals surface area (Å²) in [6.45, 7) is 0.634. The number of para-hydroxylation sites is 2. The van der Waals surface area contributed by atoms with Crippen LogP contribution in [0.5, 0.6) is 0 Å². The lowest BCUT2D eigenvalue weighted by molar-refractivity contribution is -0.384. The summed E-state index contributed by atoms with van der Waals surface area (Å²) in [5.74, 6) is -1.20. The Morgan fingerprint density at radius 1 is 1.14 bits per heavy atom. The minimum absolute atomic E-state index is 0.0485. The predicted octanol–water partition coefficient (Wildman–Crippen LogP) is 3.65. The number of amides is 1. The monoisotopic (exact) mass is 417 g/mol. The largest absolute Gasteiger partial charge is 0.455 e. The van der Waals surface area contributed by atoms with E-state index in [2.05, 4.69) is 5.32 Å². The summed E-state index contributed by atoms with van der Waals surface area (Å²) in [6.07, 6.45) is 1.01. The summed E-state index contributed by atoms with van der Waals surface area (Å²) in [5.41, 5.74) is 1.16. The second kappa shape index (κ2) is 9.38. The molecule has 2 aromatic carbocycles. The van der Waals surface area contributed by atoms with E-state index >= 15 is 0 Å². The smallest absolute Gasteiger partial charge is 0.309 e. The van der Waals surface area contributed by atoms with Crippen LogP contribution in [-0.2, 0) is 14.3 Å². The highest BCUT2D eigenvalue weighted by Gasteiger charge is 2.29. The molecule has 1 N–H and O–H groups in total. The van der Waals surface area contributed by atoms with E-state index < -0.39 is 16.8 Å². The van der Waals surface area contributed by atoms with Crippen molar-refractivity contribution in [1.29, 1.82) is 0 Å². The number of nitro benzene ring substituents is 1. The standard InChI is InChI=1S/C20H20ClN3O5/c21-15-5-7-16(8-6-15)22-19(25)13-29-20(26)14-9-11-23(12-10-14)17-3-1-2-4-18(17)24(27)28/h1-8,14H,9-13H2,(H,22,25). The molecule has 152 valence electrons. The maximum atomic E-state index is 12.3. The third-order valence-corrected chi connectivity index (χ3v) is 4.97. The van der Waals surface area contributed by atoms with Crippen LogP contribution in [0.1, 0.15) is 12.8 Å². The highest BCUT2D eigenvalue weighted by atomic mass is 35.5. The number of halogens is 1. The van der Waals surface area contributed by atoms with Crippen molar-refractivity contribution in [3.63, 3.8) is 0 Å². The predicted molar refractivity (Wildman–Crippen MR) is 109 cm³/mol.